The number of hydrogen-bond acceptors (Lipinski definition) is 4. The standard InChI is InChI=1S/C13H19N3O/c1-9(7-14)8-16(3)11-4-5-13-12(6-11)15-10(2)17-13/h4-6,9H,7-8,14H2,1-3H3. The van der Waals surface area contributed by atoms with Crippen LogP contribution in [-0.2, 0) is 0 Å². The fourth-order valence-corrected chi connectivity index (χ4v) is 1.92. The van der Waals surface area contributed by atoms with Gasteiger partial charge in [-0.15, -0.1) is 0 Å². The van der Waals surface area contributed by atoms with E-state index in [1.54, 1.807) is 0 Å². The van der Waals surface area contributed by atoms with Gasteiger partial charge < -0.3 is 15.1 Å². The summed E-state index contributed by atoms with van der Waals surface area (Å²) in [5, 5.41) is 0. The lowest BCUT2D eigenvalue weighted by Gasteiger charge is -2.22. The second kappa shape index (κ2) is 4.75. The second-order valence-corrected chi connectivity index (χ2v) is 4.61. The van der Waals surface area contributed by atoms with Gasteiger partial charge in [0, 0.05) is 26.2 Å². The van der Waals surface area contributed by atoms with Crippen LogP contribution in [0.15, 0.2) is 22.6 Å². The highest BCUT2D eigenvalue weighted by molar-refractivity contribution is 5.77. The molecule has 92 valence electrons. The van der Waals surface area contributed by atoms with Crippen LogP contribution in [0.3, 0.4) is 0 Å². The number of rotatable bonds is 4. The second-order valence-electron chi connectivity index (χ2n) is 4.61. The van der Waals surface area contributed by atoms with E-state index in [1.807, 2.05) is 13.0 Å². The van der Waals surface area contributed by atoms with Gasteiger partial charge in [-0.3, -0.25) is 0 Å². The number of fused-ring (bicyclic) bond motifs is 1. The summed E-state index contributed by atoms with van der Waals surface area (Å²) < 4.78 is 5.46. The third kappa shape index (κ3) is 2.58. The highest BCUT2D eigenvalue weighted by Crippen LogP contribution is 2.22. The summed E-state index contributed by atoms with van der Waals surface area (Å²) in [6.45, 7) is 5.66. The van der Waals surface area contributed by atoms with Gasteiger partial charge in [0.25, 0.3) is 0 Å². The third-order valence-corrected chi connectivity index (χ3v) is 2.91. The molecule has 0 radical (unpaired) electrons. The SMILES string of the molecule is Cc1nc2cc(N(C)CC(C)CN)ccc2o1. The van der Waals surface area contributed by atoms with Crippen molar-refractivity contribution in [2.75, 3.05) is 25.0 Å². The number of anilines is 1. The van der Waals surface area contributed by atoms with Crippen LogP contribution in [0, 0.1) is 12.8 Å². The largest absolute Gasteiger partial charge is 0.441 e. The number of aryl methyl sites for hydroxylation is 1. The molecular formula is C13H19N3O. The lowest BCUT2D eigenvalue weighted by Crippen LogP contribution is -2.28. The van der Waals surface area contributed by atoms with E-state index in [1.165, 1.54) is 0 Å². The van der Waals surface area contributed by atoms with E-state index in [9.17, 15) is 0 Å². The topological polar surface area (TPSA) is 55.3 Å². The van der Waals surface area contributed by atoms with Gasteiger partial charge in [0.1, 0.15) is 5.52 Å². The first kappa shape index (κ1) is 11.9. The van der Waals surface area contributed by atoms with Crippen molar-refractivity contribution >= 4 is 16.8 Å². The van der Waals surface area contributed by atoms with E-state index in [0.717, 1.165) is 23.3 Å². The molecule has 2 aromatic rings. The van der Waals surface area contributed by atoms with Gasteiger partial charge in [-0.25, -0.2) is 4.98 Å². The fraction of sp³-hybridized carbons (Fsp3) is 0.462. The molecule has 0 aliphatic carbocycles. The number of oxazole rings is 1. The number of hydrogen-bond donors (Lipinski definition) is 1. The average Bonchev–Trinajstić information content (AvgIpc) is 2.67. The Bertz CT molecular complexity index is 506. The minimum Gasteiger partial charge on any atom is -0.441 e. The Kier molecular flexibility index (Phi) is 3.33. The maximum Gasteiger partial charge on any atom is 0.192 e. The molecule has 0 aliphatic heterocycles. The molecule has 4 heteroatoms. The van der Waals surface area contributed by atoms with E-state index in [2.05, 4.69) is 36.0 Å². The van der Waals surface area contributed by atoms with Crippen LogP contribution in [-0.4, -0.2) is 25.1 Å². The van der Waals surface area contributed by atoms with Crippen LogP contribution >= 0.6 is 0 Å². The monoisotopic (exact) mass is 233 g/mol. The van der Waals surface area contributed by atoms with E-state index in [4.69, 9.17) is 10.2 Å². The van der Waals surface area contributed by atoms with Gasteiger partial charge in [0.15, 0.2) is 11.5 Å². The first-order valence-corrected chi connectivity index (χ1v) is 5.88. The van der Waals surface area contributed by atoms with E-state index >= 15 is 0 Å². The number of benzene rings is 1. The zero-order valence-corrected chi connectivity index (χ0v) is 10.6. The number of nitrogens with zero attached hydrogens (tertiary/aromatic N) is 2. The van der Waals surface area contributed by atoms with Gasteiger partial charge in [-0.05, 0) is 30.7 Å². The average molecular weight is 233 g/mol. The van der Waals surface area contributed by atoms with Crippen molar-refractivity contribution in [3.05, 3.63) is 24.1 Å². The lowest BCUT2D eigenvalue weighted by atomic mass is 10.1. The van der Waals surface area contributed by atoms with E-state index in [0.29, 0.717) is 18.4 Å². The molecule has 0 saturated carbocycles. The van der Waals surface area contributed by atoms with Crippen LogP contribution in [0.1, 0.15) is 12.8 Å². The number of aromatic nitrogens is 1. The quantitative estimate of drug-likeness (QED) is 0.879. The zero-order valence-electron chi connectivity index (χ0n) is 10.6. The highest BCUT2D eigenvalue weighted by Gasteiger charge is 2.08. The first-order valence-electron chi connectivity index (χ1n) is 5.88. The minimum atomic E-state index is 0.481. The molecule has 0 saturated heterocycles. The molecule has 1 atom stereocenters. The molecule has 2 rings (SSSR count). The van der Waals surface area contributed by atoms with Crippen molar-refractivity contribution in [2.45, 2.75) is 13.8 Å². The lowest BCUT2D eigenvalue weighted by molar-refractivity contribution is 0.561. The van der Waals surface area contributed by atoms with Crippen molar-refractivity contribution in [3.63, 3.8) is 0 Å². The molecule has 0 amide bonds. The molecule has 4 nitrogen and oxygen atoms in total. The predicted molar refractivity (Wildman–Crippen MR) is 70.2 cm³/mol. The fourth-order valence-electron chi connectivity index (χ4n) is 1.92. The summed E-state index contributed by atoms with van der Waals surface area (Å²) >= 11 is 0. The highest BCUT2D eigenvalue weighted by atomic mass is 16.3. The summed E-state index contributed by atoms with van der Waals surface area (Å²) in [6, 6.07) is 6.07. The summed E-state index contributed by atoms with van der Waals surface area (Å²) in [6.07, 6.45) is 0. The molecule has 17 heavy (non-hydrogen) atoms. The van der Waals surface area contributed by atoms with E-state index in [-0.39, 0.29) is 0 Å². The maximum absolute atomic E-state index is 5.64. The summed E-state index contributed by atoms with van der Waals surface area (Å²) in [4.78, 5) is 6.53. The molecule has 0 spiro atoms. The van der Waals surface area contributed by atoms with Gasteiger partial charge in [0.05, 0.1) is 0 Å². The van der Waals surface area contributed by atoms with Crippen LogP contribution in [0.4, 0.5) is 5.69 Å². The molecule has 0 fully saturated rings. The van der Waals surface area contributed by atoms with Crippen LogP contribution in [0.25, 0.3) is 11.1 Å². The van der Waals surface area contributed by atoms with Gasteiger partial charge >= 0.3 is 0 Å². The summed E-state index contributed by atoms with van der Waals surface area (Å²) in [7, 11) is 2.07. The van der Waals surface area contributed by atoms with Crippen molar-refractivity contribution < 1.29 is 4.42 Å². The molecule has 1 unspecified atom stereocenters. The van der Waals surface area contributed by atoms with Crippen molar-refractivity contribution in [1.29, 1.82) is 0 Å². The predicted octanol–water partition coefficient (Wildman–Crippen LogP) is 2.17. The maximum atomic E-state index is 5.64. The van der Waals surface area contributed by atoms with Crippen LogP contribution in [0.2, 0.25) is 0 Å². The zero-order chi connectivity index (χ0) is 12.4. The van der Waals surface area contributed by atoms with Gasteiger partial charge in [0.2, 0.25) is 0 Å². The van der Waals surface area contributed by atoms with Crippen molar-refractivity contribution in [2.24, 2.45) is 11.7 Å². The Balaban J connectivity index is 2.23. The smallest absolute Gasteiger partial charge is 0.192 e. The van der Waals surface area contributed by atoms with Gasteiger partial charge in [-0.1, -0.05) is 6.92 Å². The normalized spacial score (nSPS) is 12.9. The molecule has 0 aliphatic rings. The molecule has 1 aromatic carbocycles. The minimum absolute atomic E-state index is 0.481. The Morgan fingerprint density at radius 1 is 1.47 bits per heavy atom. The number of nitrogens with two attached hydrogens (primary N) is 1. The van der Waals surface area contributed by atoms with Crippen LogP contribution < -0.4 is 10.6 Å². The molecule has 2 N–H and O–H groups in total. The Labute approximate surface area is 101 Å². The Morgan fingerprint density at radius 2 is 2.24 bits per heavy atom. The Morgan fingerprint density at radius 3 is 2.94 bits per heavy atom. The molecule has 0 bridgehead atoms. The van der Waals surface area contributed by atoms with Crippen LogP contribution in [0.5, 0.6) is 0 Å². The Hall–Kier alpha value is -1.55. The summed E-state index contributed by atoms with van der Waals surface area (Å²) in [5.41, 5.74) is 8.53. The molecule has 1 heterocycles. The summed E-state index contributed by atoms with van der Waals surface area (Å²) in [5.74, 6) is 1.19. The molecule has 1 aromatic heterocycles. The van der Waals surface area contributed by atoms with Gasteiger partial charge in [-0.2, -0.15) is 0 Å². The molecular weight excluding hydrogens is 214 g/mol. The van der Waals surface area contributed by atoms with Crippen molar-refractivity contribution in [1.82, 2.24) is 4.98 Å². The third-order valence-electron chi connectivity index (χ3n) is 2.91. The van der Waals surface area contributed by atoms with Crippen molar-refractivity contribution in [3.8, 4) is 0 Å². The van der Waals surface area contributed by atoms with E-state index < -0.39 is 0 Å². The first-order chi connectivity index (χ1) is 8.10.